The number of phenols is 1. The fraction of sp³-hybridized carbons (Fsp3) is 0.400. The standard InChI is InChI=1S/C10H12O4/c11-5-7-6-13-10(14-7)8-3-1-2-4-9(8)12/h1-4,7,10-12H,5-6H2. The zero-order valence-corrected chi connectivity index (χ0v) is 7.59. The minimum absolute atomic E-state index is 0.0654. The summed E-state index contributed by atoms with van der Waals surface area (Å²) in [6.45, 7) is 0.291. The first-order valence-corrected chi connectivity index (χ1v) is 4.47. The van der Waals surface area contributed by atoms with Gasteiger partial charge in [0.2, 0.25) is 0 Å². The average molecular weight is 196 g/mol. The van der Waals surface area contributed by atoms with Crippen LogP contribution in [0.2, 0.25) is 0 Å². The summed E-state index contributed by atoms with van der Waals surface area (Å²) in [4.78, 5) is 0. The van der Waals surface area contributed by atoms with Gasteiger partial charge in [-0.3, -0.25) is 0 Å². The molecule has 1 fully saturated rings. The van der Waals surface area contributed by atoms with Crippen molar-refractivity contribution in [1.29, 1.82) is 0 Å². The van der Waals surface area contributed by atoms with Gasteiger partial charge in [0, 0.05) is 5.56 Å². The Morgan fingerprint density at radius 3 is 2.79 bits per heavy atom. The fourth-order valence-corrected chi connectivity index (χ4v) is 1.39. The molecule has 0 aliphatic carbocycles. The Morgan fingerprint density at radius 2 is 2.14 bits per heavy atom. The lowest BCUT2D eigenvalue weighted by Crippen LogP contribution is -2.14. The fourth-order valence-electron chi connectivity index (χ4n) is 1.39. The monoisotopic (exact) mass is 196 g/mol. The van der Waals surface area contributed by atoms with Gasteiger partial charge in [0.15, 0.2) is 6.29 Å². The average Bonchev–Trinajstić information content (AvgIpc) is 2.67. The summed E-state index contributed by atoms with van der Waals surface area (Å²) in [5.41, 5.74) is 0.600. The molecule has 0 amide bonds. The Hall–Kier alpha value is -1.10. The van der Waals surface area contributed by atoms with Crippen LogP contribution in [0.4, 0.5) is 0 Å². The highest BCUT2D eigenvalue weighted by molar-refractivity contribution is 5.32. The van der Waals surface area contributed by atoms with E-state index in [1.54, 1.807) is 24.3 Å². The van der Waals surface area contributed by atoms with Crippen LogP contribution in [-0.4, -0.2) is 29.5 Å². The summed E-state index contributed by atoms with van der Waals surface area (Å²) in [7, 11) is 0. The van der Waals surface area contributed by atoms with Crippen LogP contribution in [0, 0.1) is 0 Å². The van der Waals surface area contributed by atoms with Crippen LogP contribution < -0.4 is 0 Å². The highest BCUT2D eigenvalue weighted by Gasteiger charge is 2.28. The van der Waals surface area contributed by atoms with E-state index < -0.39 is 6.29 Å². The van der Waals surface area contributed by atoms with E-state index in [-0.39, 0.29) is 18.5 Å². The number of ether oxygens (including phenoxy) is 2. The smallest absolute Gasteiger partial charge is 0.188 e. The molecule has 1 aromatic rings. The molecule has 1 heterocycles. The molecule has 0 saturated carbocycles. The quantitative estimate of drug-likeness (QED) is 0.734. The molecular weight excluding hydrogens is 184 g/mol. The summed E-state index contributed by atoms with van der Waals surface area (Å²) in [6.07, 6.45) is -0.854. The van der Waals surface area contributed by atoms with Crippen molar-refractivity contribution in [3.8, 4) is 5.75 Å². The zero-order valence-electron chi connectivity index (χ0n) is 7.59. The van der Waals surface area contributed by atoms with E-state index in [1.807, 2.05) is 0 Å². The SMILES string of the molecule is OCC1COC(c2ccccc2O)O1. The van der Waals surface area contributed by atoms with Gasteiger partial charge >= 0.3 is 0 Å². The summed E-state index contributed by atoms with van der Waals surface area (Å²) < 4.78 is 10.6. The third-order valence-electron chi connectivity index (χ3n) is 2.14. The Labute approximate surface area is 81.7 Å². The van der Waals surface area contributed by atoms with Crippen molar-refractivity contribution in [2.75, 3.05) is 13.2 Å². The Kier molecular flexibility index (Phi) is 2.67. The summed E-state index contributed by atoms with van der Waals surface area (Å²) in [6, 6.07) is 6.85. The van der Waals surface area contributed by atoms with Crippen LogP contribution in [0.15, 0.2) is 24.3 Å². The lowest BCUT2D eigenvalue weighted by molar-refractivity contribution is -0.0686. The third kappa shape index (κ3) is 1.72. The summed E-state index contributed by atoms with van der Waals surface area (Å²) in [5, 5.41) is 18.3. The molecule has 2 rings (SSSR count). The topological polar surface area (TPSA) is 58.9 Å². The first kappa shape index (κ1) is 9.45. The number of para-hydroxylation sites is 1. The van der Waals surface area contributed by atoms with Gasteiger partial charge in [0.25, 0.3) is 0 Å². The van der Waals surface area contributed by atoms with Gasteiger partial charge < -0.3 is 19.7 Å². The van der Waals surface area contributed by atoms with E-state index in [0.29, 0.717) is 12.2 Å². The molecule has 1 saturated heterocycles. The Balaban J connectivity index is 2.13. The third-order valence-corrected chi connectivity index (χ3v) is 2.14. The summed E-state index contributed by atoms with van der Waals surface area (Å²) >= 11 is 0. The number of hydrogen-bond acceptors (Lipinski definition) is 4. The minimum Gasteiger partial charge on any atom is -0.507 e. The largest absolute Gasteiger partial charge is 0.507 e. The van der Waals surface area contributed by atoms with Crippen LogP contribution >= 0.6 is 0 Å². The predicted molar refractivity (Wildman–Crippen MR) is 48.8 cm³/mol. The molecule has 4 nitrogen and oxygen atoms in total. The number of phenolic OH excluding ortho intramolecular Hbond substituents is 1. The predicted octanol–water partition coefficient (Wildman–Crippen LogP) is 0.798. The molecule has 1 aliphatic heterocycles. The molecule has 0 spiro atoms. The van der Waals surface area contributed by atoms with E-state index >= 15 is 0 Å². The molecule has 4 heteroatoms. The highest BCUT2D eigenvalue weighted by Crippen LogP contribution is 2.32. The number of aliphatic hydroxyl groups is 1. The van der Waals surface area contributed by atoms with Crippen molar-refractivity contribution in [3.05, 3.63) is 29.8 Å². The molecule has 0 bridgehead atoms. The zero-order chi connectivity index (χ0) is 9.97. The second-order valence-corrected chi connectivity index (χ2v) is 3.16. The number of aromatic hydroxyl groups is 1. The molecule has 2 atom stereocenters. The molecule has 0 aromatic heterocycles. The second kappa shape index (κ2) is 3.96. The maximum atomic E-state index is 9.51. The van der Waals surface area contributed by atoms with Gasteiger partial charge in [-0.05, 0) is 6.07 Å². The Morgan fingerprint density at radius 1 is 1.36 bits per heavy atom. The van der Waals surface area contributed by atoms with Crippen molar-refractivity contribution >= 4 is 0 Å². The van der Waals surface area contributed by atoms with Gasteiger partial charge in [-0.2, -0.15) is 0 Å². The summed E-state index contributed by atoms with van der Waals surface area (Å²) in [5.74, 6) is 0.149. The van der Waals surface area contributed by atoms with Crippen LogP contribution in [0.5, 0.6) is 5.75 Å². The lowest BCUT2D eigenvalue weighted by atomic mass is 10.2. The molecular formula is C10H12O4. The van der Waals surface area contributed by atoms with Crippen molar-refractivity contribution in [3.63, 3.8) is 0 Å². The van der Waals surface area contributed by atoms with Crippen molar-refractivity contribution in [2.24, 2.45) is 0 Å². The van der Waals surface area contributed by atoms with E-state index in [0.717, 1.165) is 0 Å². The van der Waals surface area contributed by atoms with E-state index in [4.69, 9.17) is 14.6 Å². The second-order valence-electron chi connectivity index (χ2n) is 3.16. The van der Waals surface area contributed by atoms with Gasteiger partial charge in [-0.1, -0.05) is 18.2 Å². The minimum atomic E-state index is -0.562. The molecule has 1 aromatic carbocycles. The van der Waals surface area contributed by atoms with Crippen LogP contribution in [-0.2, 0) is 9.47 Å². The van der Waals surface area contributed by atoms with E-state index in [9.17, 15) is 5.11 Å². The van der Waals surface area contributed by atoms with Gasteiger partial charge in [0.1, 0.15) is 11.9 Å². The van der Waals surface area contributed by atoms with Crippen molar-refractivity contribution in [2.45, 2.75) is 12.4 Å². The number of hydrogen-bond donors (Lipinski definition) is 2. The molecule has 1 aliphatic rings. The van der Waals surface area contributed by atoms with Crippen LogP contribution in [0.25, 0.3) is 0 Å². The molecule has 0 radical (unpaired) electrons. The first-order chi connectivity index (χ1) is 6.81. The van der Waals surface area contributed by atoms with Crippen LogP contribution in [0.3, 0.4) is 0 Å². The Bertz CT molecular complexity index is 313. The number of aliphatic hydroxyl groups excluding tert-OH is 1. The molecule has 14 heavy (non-hydrogen) atoms. The van der Waals surface area contributed by atoms with E-state index in [1.165, 1.54) is 0 Å². The van der Waals surface area contributed by atoms with Gasteiger partial charge in [-0.25, -0.2) is 0 Å². The number of benzene rings is 1. The maximum absolute atomic E-state index is 9.51. The lowest BCUT2D eigenvalue weighted by Gasteiger charge is -2.11. The maximum Gasteiger partial charge on any atom is 0.188 e. The van der Waals surface area contributed by atoms with Crippen molar-refractivity contribution < 1.29 is 19.7 Å². The highest BCUT2D eigenvalue weighted by atomic mass is 16.7. The van der Waals surface area contributed by atoms with Gasteiger partial charge in [0.05, 0.1) is 13.2 Å². The normalized spacial score (nSPS) is 26.6. The van der Waals surface area contributed by atoms with Crippen molar-refractivity contribution in [1.82, 2.24) is 0 Å². The molecule has 76 valence electrons. The van der Waals surface area contributed by atoms with Crippen LogP contribution in [0.1, 0.15) is 11.9 Å². The molecule has 2 unspecified atom stereocenters. The van der Waals surface area contributed by atoms with Gasteiger partial charge in [-0.15, -0.1) is 0 Å². The molecule has 2 N–H and O–H groups in total. The number of rotatable bonds is 2. The first-order valence-electron chi connectivity index (χ1n) is 4.47. The van der Waals surface area contributed by atoms with E-state index in [2.05, 4.69) is 0 Å².